The van der Waals surface area contributed by atoms with Gasteiger partial charge in [0.2, 0.25) is 0 Å². The number of hydrogen-bond donors (Lipinski definition) is 1. The zero-order chi connectivity index (χ0) is 13.7. The van der Waals surface area contributed by atoms with Gasteiger partial charge in [-0.05, 0) is 57.6 Å². The van der Waals surface area contributed by atoms with Crippen LogP contribution in [0.15, 0.2) is 24.3 Å². The van der Waals surface area contributed by atoms with E-state index in [1.807, 2.05) is 0 Å². The second kappa shape index (κ2) is 6.92. The third-order valence-corrected chi connectivity index (χ3v) is 3.28. The Balaban J connectivity index is 2.04. The van der Waals surface area contributed by atoms with Gasteiger partial charge in [0.25, 0.3) is 0 Å². The monoisotopic (exact) mass is 262 g/mol. The first-order chi connectivity index (χ1) is 9.19. The molecule has 1 aromatic rings. The zero-order valence-electron chi connectivity index (χ0n) is 12.4. The van der Waals surface area contributed by atoms with Crippen molar-refractivity contribution in [1.29, 1.82) is 0 Å². The predicted molar refractivity (Wildman–Crippen MR) is 79.7 cm³/mol. The lowest BCUT2D eigenvalue weighted by Crippen LogP contribution is -2.31. The number of benzene rings is 1. The van der Waals surface area contributed by atoms with Crippen LogP contribution in [0.3, 0.4) is 0 Å². The molecular formula is C16H26N2O. The lowest BCUT2D eigenvalue weighted by Gasteiger charge is -2.23. The van der Waals surface area contributed by atoms with Crippen molar-refractivity contribution in [2.45, 2.75) is 38.3 Å². The molecule has 0 aliphatic heterocycles. The van der Waals surface area contributed by atoms with E-state index in [2.05, 4.69) is 55.5 Å². The molecule has 19 heavy (non-hydrogen) atoms. The van der Waals surface area contributed by atoms with Crippen LogP contribution in [0.25, 0.3) is 0 Å². The van der Waals surface area contributed by atoms with Crippen molar-refractivity contribution in [2.75, 3.05) is 27.2 Å². The summed E-state index contributed by atoms with van der Waals surface area (Å²) in [5.74, 6) is 1.02. The van der Waals surface area contributed by atoms with Gasteiger partial charge in [-0.2, -0.15) is 0 Å². The number of likely N-dealkylation sites (N-methyl/N-ethyl adjacent to an activating group) is 1. The highest BCUT2D eigenvalue weighted by Crippen LogP contribution is 2.28. The molecule has 0 heterocycles. The standard InChI is InChI=1S/C16H26N2O/c1-4-10-17-16(12-18(2)3)13-6-5-7-15(11-13)19-14-8-9-14/h5-7,11,14,16-17H,4,8-10,12H2,1-3H3. The second-order valence-electron chi connectivity index (χ2n) is 5.66. The van der Waals surface area contributed by atoms with Crippen LogP contribution in [-0.2, 0) is 0 Å². The van der Waals surface area contributed by atoms with Gasteiger partial charge in [-0.1, -0.05) is 19.1 Å². The van der Waals surface area contributed by atoms with E-state index in [0.29, 0.717) is 12.1 Å². The first-order valence-electron chi connectivity index (χ1n) is 7.33. The molecule has 1 aliphatic rings. The molecule has 1 atom stereocenters. The van der Waals surface area contributed by atoms with Gasteiger partial charge in [-0.15, -0.1) is 0 Å². The fraction of sp³-hybridized carbons (Fsp3) is 0.625. The first kappa shape index (κ1) is 14.4. The third kappa shape index (κ3) is 4.84. The van der Waals surface area contributed by atoms with Gasteiger partial charge in [0.1, 0.15) is 5.75 Å². The zero-order valence-corrected chi connectivity index (χ0v) is 12.4. The van der Waals surface area contributed by atoms with E-state index >= 15 is 0 Å². The first-order valence-corrected chi connectivity index (χ1v) is 7.33. The maximum atomic E-state index is 5.88. The maximum absolute atomic E-state index is 5.88. The van der Waals surface area contributed by atoms with Gasteiger partial charge in [-0.25, -0.2) is 0 Å². The van der Waals surface area contributed by atoms with Gasteiger partial charge in [0, 0.05) is 12.6 Å². The molecule has 1 aliphatic carbocycles. The topological polar surface area (TPSA) is 24.5 Å². The van der Waals surface area contributed by atoms with Crippen molar-refractivity contribution in [2.24, 2.45) is 0 Å². The summed E-state index contributed by atoms with van der Waals surface area (Å²) in [5.41, 5.74) is 1.32. The van der Waals surface area contributed by atoms with Gasteiger partial charge >= 0.3 is 0 Å². The summed E-state index contributed by atoms with van der Waals surface area (Å²) in [6.45, 7) is 4.26. The summed E-state index contributed by atoms with van der Waals surface area (Å²) in [7, 11) is 4.23. The van der Waals surface area contributed by atoms with E-state index in [-0.39, 0.29) is 0 Å². The van der Waals surface area contributed by atoms with Crippen LogP contribution >= 0.6 is 0 Å². The van der Waals surface area contributed by atoms with Crippen molar-refractivity contribution in [3.63, 3.8) is 0 Å². The minimum atomic E-state index is 0.373. The molecule has 0 bridgehead atoms. The van der Waals surface area contributed by atoms with Crippen molar-refractivity contribution < 1.29 is 4.74 Å². The number of hydrogen-bond acceptors (Lipinski definition) is 3. The highest BCUT2D eigenvalue weighted by molar-refractivity contribution is 5.31. The molecule has 0 amide bonds. The van der Waals surface area contributed by atoms with E-state index < -0.39 is 0 Å². The fourth-order valence-corrected chi connectivity index (χ4v) is 2.15. The van der Waals surface area contributed by atoms with Crippen molar-refractivity contribution in [1.82, 2.24) is 10.2 Å². The van der Waals surface area contributed by atoms with Crippen LogP contribution in [0.4, 0.5) is 0 Å². The highest BCUT2D eigenvalue weighted by atomic mass is 16.5. The molecule has 3 heteroatoms. The van der Waals surface area contributed by atoms with Crippen LogP contribution in [-0.4, -0.2) is 38.2 Å². The molecule has 1 N–H and O–H groups in total. The van der Waals surface area contributed by atoms with Crippen LogP contribution in [0, 0.1) is 0 Å². The van der Waals surface area contributed by atoms with Crippen LogP contribution < -0.4 is 10.1 Å². The van der Waals surface area contributed by atoms with Crippen LogP contribution in [0.2, 0.25) is 0 Å². The molecule has 1 aromatic carbocycles. The summed E-state index contributed by atoms with van der Waals surface area (Å²) in [6.07, 6.45) is 4.03. The number of nitrogens with zero attached hydrogens (tertiary/aromatic N) is 1. The van der Waals surface area contributed by atoms with E-state index in [0.717, 1.165) is 25.3 Å². The minimum Gasteiger partial charge on any atom is -0.490 e. The normalized spacial score (nSPS) is 16.6. The Morgan fingerprint density at radius 1 is 1.37 bits per heavy atom. The maximum Gasteiger partial charge on any atom is 0.120 e. The molecule has 1 saturated carbocycles. The fourth-order valence-electron chi connectivity index (χ4n) is 2.15. The number of ether oxygens (including phenoxy) is 1. The molecule has 0 radical (unpaired) electrons. The van der Waals surface area contributed by atoms with Crippen LogP contribution in [0.1, 0.15) is 37.8 Å². The highest BCUT2D eigenvalue weighted by Gasteiger charge is 2.23. The Labute approximate surface area is 116 Å². The Morgan fingerprint density at radius 2 is 2.16 bits per heavy atom. The average molecular weight is 262 g/mol. The summed E-state index contributed by atoms with van der Waals surface area (Å²) in [5, 5.41) is 3.62. The van der Waals surface area contributed by atoms with E-state index in [1.54, 1.807) is 0 Å². The van der Waals surface area contributed by atoms with Crippen molar-refractivity contribution >= 4 is 0 Å². The molecule has 3 nitrogen and oxygen atoms in total. The largest absolute Gasteiger partial charge is 0.490 e. The Morgan fingerprint density at radius 3 is 2.79 bits per heavy atom. The molecule has 1 fully saturated rings. The minimum absolute atomic E-state index is 0.373. The second-order valence-corrected chi connectivity index (χ2v) is 5.66. The third-order valence-electron chi connectivity index (χ3n) is 3.28. The molecule has 2 rings (SSSR count). The lowest BCUT2D eigenvalue weighted by molar-refractivity contribution is 0.301. The molecule has 1 unspecified atom stereocenters. The molecule has 0 saturated heterocycles. The number of nitrogens with one attached hydrogen (secondary N) is 1. The Bertz CT molecular complexity index is 388. The smallest absolute Gasteiger partial charge is 0.120 e. The van der Waals surface area contributed by atoms with E-state index in [9.17, 15) is 0 Å². The molecule has 0 spiro atoms. The Hall–Kier alpha value is -1.06. The summed E-state index contributed by atoms with van der Waals surface area (Å²) in [6, 6.07) is 8.92. The van der Waals surface area contributed by atoms with E-state index in [1.165, 1.54) is 18.4 Å². The molecule has 106 valence electrons. The van der Waals surface area contributed by atoms with E-state index in [4.69, 9.17) is 4.74 Å². The SMILES string of the molecule is CCCNC(CN(C)C)c1cccc(OC2CC2)c1. The van der Waals surface area contributed by atoms with Gasteiger partial charge in [-0.3, -0.25) is 0 Å². The number of rotatable bonds is 8. The Kier molecular flexibility index (Phi) is 5.23. The average Bonchev–Trinajstić information content (AvgIpc) is 3.18. The summed E-state index contributed by atoms with van der Waals surface area (Å²) >= 11 is 0. The quantitative estimate of drug-likeness (QED) is 0.779. The van der Waals surface area contributed by atoms with Gasteiger partial charge in [0.05, 0.1) is 6.10 Å². The predicted octanol–water partition coefficient (Wildman–Crippen LogP) is 2.83. The van der Waals surface area contributed by atoms with Crippen molar-refractivity contribution in [3.05, 3.63) is 29.8 Å². The summed E-state index contributed by atoms with van der Waals surface area (Å²) < 4.78 is 5.88. The van der Waals surface area contributed by atoms with Gasteiger partial charge in [0.15, 0.2) is 0 Å². The van der Waals surface area contributed by atoms with Crippen LogP contribution in [0.5, 0.6) is 5.75 Å². The van der Waals surface area contributed by atoms with Crippen molar-refractivity contribution in [3.8, 4) is 5.75 Å². The molecule has 0 aromatic heterocycles. The van der Waals surface area contributed by atoms with Gasteiger partial charge < -0.3 is 15.0 Å². The lowest BCUT2D eigenvalue weighted by atomic mass is 10.1. The molecular weight excluding hydrogens is 236 g/mol. The summed E-state index contributed by atoms with van der Waals surface area (Å²) in [4.78, 5) is 2.22.